The molecule has 0 spiro atoms. The van der Waals surface area contributed by atoms with Crippen molar-refractivity contribution < 1.29 is 4.79 Å². The van der Waals surface area contributed by atoms with E-state index in [0.717, 1.165) is 11.1 Å². The van der Waals surface area contributed by atoms with Crippen molar-refractivity contribution in [2.24, 2.45) is 5.73 Å². The monoisotopic (exact) mass is 296 g/mol. The molecule has 0 saturated heterocycles. The molecule has 0 saturated carbocycles. The molecule has 2 aromatic carbocycles. The average molecular weight is 296 g/mol. The van der Waals surface area contributed by atoms with Gasteiger partial charge >= 0.3 is 0 Å². The fourth-order valence-corrected chi connectivity index (χ4v) is 2.63. The van der Waals surface area contributed by atoms with E-state index < -0.39 is 5.54 Å². The van der Waals surface area contributed by atoms with Crippen LogP contribution in [0.15, 0.2) is 54.6 Å². The van der Waals surface area contributed by atoms with E-state index in [1.165, 1.54) is 5.56 Å². The second-order valence-electron chi connectivity index (χ2n) is 6.14. The lowest BCUT2D eigenvalue weighted by Gasteiger charge is -2.31. The maximum absolute atomic E-state index is 12.0. The topological polar surface area (TPSA) is 55.1 Å². The lowest BCUT2D eigenvalue weighted by atomic mass is 9.90. The number of aryl methyl sites for hydroxylation is 1. The number of primary amides is 1. The van der Waals surface area contributed by atoms with Crippen molar-refractivity contribution >= 4 is 5.91 Å². The van der Waals surface area contributed by atoms with E-state index in [1.807, 2.05) is 63.2 Å². The second-order valence-corrected chi connectivity index (χ2v) is 6.14. The molecular formula is C19H24N2O. The number of benzene rings is 2. The molecule has 0 heterocycles. The van der Waals surface area contributed by atoms with Crippen LogP contribution in [0, 0.1) is 6.92 Å². The van der Waals surface area contributed by atoms with Crippen LogP contribution in [-0.4, -0.2) is 11.4 Å². The van der Waals surface area contributed by atoms with Gasteiger partial charge in [0, 0.05) is 6.04 Å². The van der Waals surface area contributed by atoms with Crippen molar-refractivity contribution in [3.8, 4) is 0 Å². The van der Waals surface area contributed by atoms with Crippen LogP contribution in [0.1, 0.15) is 36.6 Å². The van der Waals surface area contributed by atoms with Gasteiger partial charge in [-0.05, 0) is 38.3 Å². The number of carbonyl (C=O) groups excluding carboxylic acids is 1. The summed E-state index contributed by atoms with van der Waals surface area (Å²) < 4.78 is 0. The number of hydrogen-bond acceptors (Lipinski definition) is 2. The first-order valence-electron chi connectivity index (χ1n) is 7.59. The summed E-state index contributed by atoms with van der Waals surface area (Å²) in [5, 5.41) is 3.40. The standard InChI is InChI=1S/C19H24N2O/c1-14-9-11-16(12-10-14)13-19(3,18(20)22)21-15(2)17-7-5-4-6-8-17/h4-12,15,21H,13H2,1-3H3,(H2,20,22)/t15-,19-/m0/s1. The van der Waals surface area contributed by atoms with Gasteiger partial charge in [-0.25, -0.2) is 0 Å². The Balaban J connectivity index is 2.17. The van der Waals surface area contributed by atoms with Crippen molar-refractivity contribution in [3.63, 3.8) is 0 Å². The van der Waals surface area contributed by atoms with Gasteiger partial charge in [0.2, 0.25) is 5.91 Å². The molecule has 2 aromatic rings. The normalized spacial score (nSPS) is 15.0. The molecule has 2 atom stereocenters. The molecule has 0 aliphatic rings. The van der Waals surface area contributed by atoms with Gasteiger partial charge in [-0.15, -0.1) is 0 Å². The molecule has 0 unspecified atom stereocenters. The average Bonchev–Trinajstić information content (AvgIpc) is 2.50. The third kappa shape index (κ3) is 3.95. The summed E-state index contributed by atoms with van der Waals surface area (Å²) in [6, 6.07) is 18.3. The summed E-state index contributed by atoms with van der Waals surface area (Å²) in [5.41, 5.74) is 8.33. The van der Waals surface area contributed by atoms with E-state index in [9.17, 15) is 4.79 Å². The number of rotatable bonds is 6. The van der Waals surface area contributed by atoms with Crippen LogP contribution in [0.4, 0.5) is 0 Å². The van der Waals surface area contributed by atoms with E-state index in [4.69, 9.17) is 5.73 Å². The van der Waals surface area contributed by atoms with Gasteiger partial charge in [0.1, 0.15) is 0 Å². The first kappa shape index (κ1) is 16.2. The number of carbonyl (C=O) groups is 1. The summed E-state index contributed by atoms with van der Waals surface area (Å²) >= 11 is 0. The van der Waals surface area contributed by atoms with Crippen LogP contribution in [0.2, 0.25) is 0 Å². The summed E-state index contributed by atoms with van der Waals surface area (Å²) in [7, 11) is 0. The van der Waals surface area contributed by atoms with Crippen LogP contribution < -0.4 is 11.1 Å². The fourth-order valence-electron chi connectivity index (χ4n) is 2.63. The molecule has 3 nitrogen and oxygen atoms in total. The highest BCUT2D eigenvalue weighted by molar-refractivity contribution is 5.84. The molecule has 3 heteroatoms. The lowest BCUT2D eigenvalue weighted by Crippen LogP contribution is -2.55. The molecule has 0 aromatic heterocycles. The number of nitrogens with one attached hydrogen (secondary N) is 1. The smallest absolute Gasteiger partial charge is 0.237 e. The van der Waals surface area contributed by atoms with E-state index >= 15 is 0 Å². The Bertz CT molecular complexity index is 622. The minimum Gasteiger partial charge on any atom is -0.368 e. The Morgan fingerprint density at radius 3 is 2.27 bits per heavy atom. The first-order chi connectivity index (χ1) is 10.4. The van der Waals surface area contributed by atoms with Crippen LogP contribution in [0.25, 0.3) is 0 Å². The zero-order valence-electron chi connectivity index (χ0n) is 13.5. The predicted molar refractivity (Wildman–Crippen MR) is 90.5 cm³/mol. The van der Waals surface area contributed by atoms with Crippen LogP contribution in [0.3, 0.4) is 0 Å². The Morgan fingerprint density at radius 2 is 1.73 bits per heavy atom. The summed E-state index contributed by atoms with van der Waals surface area (Å²) in [6.07, 6.45) is 0.569. The molecule has 0 fully saturated rings. The van der Waals surface area contributed by atoms with Crippen molar-refractivity contribution in [1.29, 1.82) is 0 Å². The largest absolute Gasteiger partial charge is 0.368 e. The molecule has 1 amide bonds. The van der Waals surface area contributed by atoms with Crippen molar-refractivity contribution in [2.45, 2.75) is 38.8 Å². The summed E-state index contributed by atoms with van der Waals surface area (Å²) in [6.45, 7) is 5.97. The highest BCUT2D eigenvalue weighted by Gasteiger charge is 2.32. The Morgan fingerprint density at radius 1 is 1.14 bits per heavy atom. The Hall–Kier alpha value is -2.13. The van der Waals surface area contributed by atoms with Gasteiger partial charge < -0.3 is 5.73 Å². The predicted octanol–water partition coefficient (Wildman–Crippen LogP) is 3.13. The van der Waals surface area contributed by atoms with Gasteiger partial charge in [-0.3, -0.25) is 10.1 Å². The highest BCUT2D eigenvalue weighted by Crippen LogP contribution is 2.20. The van der Waals surface area contributed by atoms with Crippen molar-refractivity contribution in [1.82, 2.24) is 5.32 Å². The van der Waals surface area contributed by atoms with Gasteiger partial charge in [0.05, 0.1) is 5.54 Å². The maximum atomic E-state index is 12.0. The van der Waals surface area contributed by atoms with Crippen LogP contribution in [-0.2, 0) is 11.2 Å². The third-order valence-corrected chi connectivity index (χ3v) is 4.06. The molecule has 3 N–H and O–H groups in total. The van der Waals surface area contributed by atoms with Crippen molar-refractivity contribution in [2.75, 3.05) is 0 Å². The molecule has 22 heavy (non-hydrogen) atoms. The number of hydrogen-bond donors (Lipinski definition) is 2. The van der Waals surface area contributed by atoms with Crippen LogP contribution in [0.5, 0.6) is 0 Å². The minimum atomic E-state index is -0.787. The van der Waals surface area contributed by atoms with Crippen molar-refractivity contribution in [3.05, 3.63) is 71.3 Å². The van der Waals surface area contributed by atoms with Gasteiger partial charge in [-0.2, -0.15) is 0 Å². The fraction of sp³-hybridized carbons (Fsp3) is 0.316. The number of amides is 1. The first-order valence-corrected chi connectivity index (χ1v) is 7.59. The summed E-state index contributed by atoms with van der Waals surface area (Å²) in [4.78, 5) is 12.0. The Labute approximate surface area is 132 Å². The SMILES string of the molecule is Cc1ccc(C[C@](C)(N[C@@H](C)c2ccccc2)C(N)=O)cc1. The molecule has 0 radical (unpaired) electrons. The van der Waals surface area contributed by atoms with Gasteiger partial charge in [0.25, 0.3) is 0 Å². The zero-order valence-corrected chi connectivity index (χ0v) is 13.5. The quantitative estimate of drug-likeness (QED) is 0.860. The highest BCUT2D eigenvalue weighted by atomic mass is 16.1. The summed E-state index contributed by atoms with van der Waals surface area (Å²) in [5.74, 6) is -0.337. The zero-order chi connectivity index (χ0) is 16.2. The molecule has 0 bridgehead atoms. The molecular weight excluding hydrogens is 272 g/mol. The molecule has 116 valence electrons. The second kappa shape index (κ2) is 6.75. The Kier molecular flexibility index (Phi) is 4.99. The van der Waals surface area contributed by atoms with E-state index in [0.29, 0.717) is 6.42 Å². The maximum Gasteiger partial charge on any atom is 0.237 e. The van der Waals surface area contributed by atoms with E-state index in [2.05, 4.69) is 17.4 Å². The molecule has 0 aliphatic carbocycles. The van der Waals surface area contributed by atoms with Gasteiger partial charge in [-0.1, -0.05) is 60.2 Å². The lowest BCUT2D eigenvalue weighted by molar-refractivity contribution is -0.124. The van der Waals surface area contributed by atoms with Gasteiger partial charge in [0.15, 0.2) is 0 Å². The van der Waals surface area contributed by atoms with E-state index in [-0.39, 0.29) is 11.9 Å². The molecule has 0 aliphatic heterocycles. The van der Waals surface area contributed by atoms with Crippen LogP contribution >= 0.6 is 0 Å². The third-order valence-electron chi connectivity index (χ3n) is 4.06. The molecule has 2 rings (SSSR count). The minimum absolute atomic E-state index is 0.0455. The number of nitrogens with two attached hydrogens (primary N) is 1. The van der Waals surface area contributed by atoms with E-state index in [1.54, 1.807) is 0 Å².